The zero-order chi connectivity index (χ0) is 19.0. The van der Waals surface area contributed by atoms with Crippen molar-refractivity contribution in [3.05, 3.63) is 106 Å². The highest BCUT2D eigenvalue weighted by Crippen LogP contribution is 2.45. The average Bonchev–Trinajstić information content (AvgIpc) is 2.67. The van der Waals surface area contributed by atoms with Crippen molar-refractivity contribution in [2.24, 2.45) is 0 Å². The van der Waals surface area contributed by atoms with Crippen LogP contribution in [0.25, 0.3) is 0 Å². The van der Waals surface area contributed by atoms with Gasteiger partial charge in [0.15, 0.2) is 0 Å². The number of hydrogen-bond acceptors (Lipinski definition) is 4. The van der Waals surface area contributed by atoms with Crippen molar-refractivity contribution in [1.82, 2.24) is 0 Å². The second kappa shape index (κ2) is 6.52. The summed E-state index contributed by atoms with van der Waals surface area (Å²) in [4.78, 5) is 12.5. The number of nitro benzene ring substituents is 1. The molecular formula is C22H20N2O3. The lowest BCUT2D eigenvalue weighted by atomic mass is 9.77. The summed E-state index contributed by atoms with van der Waals surface area (Å²) >= 11 is 0. The molecule has 0 fully saturated rings. The van der Waals surface area contributed by atoms with Crippen molar-refractivity contribution in [2.45, 2.75) is 25.1 Å². The first-order chi connectivity index (χ1) is 13.0. The third-order valence-corrected chi connectivity index (χ3v) is 5.29. The zero-order valence-corrected chi connectivity index (χ0v) is 14.9. The maximum absolute atomic E-state index is 11.6. The Hall–Kier alpha value is -3.18. The molecule has 0 bridgehead atoms. The van der Waals surface area contributed by atoms with E-state index in [2.05, 4.69) is 12.1 Å². The second-order valence-electron chi connectivity index (χ2n) is 7.00. The van der Waals surface area contributed by atoms with Gasteiger partial charge in [-0.05, 0) is 35.7 Å². The molecule has 5 heteroatoms. The van der Waals surface area contributed by atoms with E-state index in [1.807, 2.05) is 54.3 Å². The fraction of sp³-hybridized carbons (Fsp3) is 0.182. The van der Waals surface area contributed by atoms with Gasteiger partial charge in [-0.15, -0.1) is 0 Å². The summed E-state index contributed by atoms with van der Waals surface area (Å²) in [7, 11) is 0. The molecule has 0 saturated carbocycles. The first-order valence-electron chi connectivity index (χ1n) is 8.85. The van der Waals surface area contributed by atoms with E-state index in [0.717, 1.165) is 22.4 Å². The predicted octanol–water partition coefficient (Wildman–Crippen LogP) is 4.46. The normalized spacial score (nSPS) is 21.6. The van der Waals surface area contributed by atoms with E-state index in [4.69, 9.17) is 0 Å². The van der Waals surface area contributed by atoms with Crippen molar-refractivity contribution in [3.8, 4) is 0 Å². The highest BCUT2D eigenvalue weighted by molar-refractivity contribution is 5.57. The summed E-state index contributed by atoms with van der Waals surface area (Å²) in [6.07, 6.45) is 0. The highest BCUT2D eigenvalue weighted by atomic mass is 16.6. The molecule has 1 aliphatic heterocycles. The minimum atomic E-state index is -1.19. The van der Waals surface area contributed by atoms with Gasteiger partial charge < -0.3 is 10.0 Å². The van der Waals surface area contributed by atoms with Crippen molar-refractivity contribution in [2.75, 3.05) is 4.90 Å². The lowest BCUT2D eigenvalue weighted by Crippen LogP contribution is -2.54. The van der Waals surface area contributed by atoms with Crippen LogP contribution in [-0.2, 0) is 6.54 Å². The Morgan fingerprint density at radius 1 is 1.00 bits per heavy atom. The van der Waals surface area contributed by atoms with Crippen LogP contribution in [0.2, 0.25) is 0 Å². The quantitative estimate of drug-likeness (QED) is 0.553. The summed E-state index contributed by atoms with van der Waals surface area (Å²) in [5, 5.41) is 22.6. The maximum Gasteiger partial charge on any atom is 0.269 e. The van der Waals surface area contributed by atoms with Gasteiger partial charge in [-0.1, -0.05) is 54.6 Å². The molecule has 0 spiro atoms. The molecule has 4 rings (SSSR count). The van der Waals surface area contributed by atoms with E-state index >= 15 is 0 Å². The van der Waals surface area contributed by atoms with Crippen LogP contribution in [-0.4, -0.2) is 15.8 Å². The van der Waals surface area contributed by atoms with Crippen molar-refractivity contribution in [1.29, 1.82) is 0 Å². The number of rotatable bonds is 3. The number of aliphatic hydroxyl groups is 1. The number of non-ortho nitro benzene ring substituents is 1. The highest BCUT2D eigenvalue weighted by Gasteiger charge is 2.44. The molecule has 1 N–H and O–H groups in total. The van der Waals surface area contributed by atoms with Crippen molar-refractivity contribution >= 4 is 11.4 Å². The van der Waals surface area contributed by atoms with Crippen LogP contribution in [0.1, 0.15) is 29.5 Å². The van der Waals surface area contributed by atoms with Gasteiger partial charge >= 0.3 is 0 Å². The molecule has 0 aliphatic carbocycles. The molecule has 1 heterocycles. The van der Waals surface area contributed by atoms with Crippen LogP contribution in [0.15, 0.2) is 78.9 Å². The Balaban J connectivity index is 1.84. The van der Waals surface area contributed by atoms with Gasteiger partial charge in [0.2, 0.25) is 0 Å². The molecule has 0 amide bonds. The Morgan fingerprint density at radius 2 is 1.63 bits per heavy atom. The van der Waals surface area contributed by atoms with E-state index in [0.29, 0.717) is 6.54 Å². The molecule has 1 aliphatic rings. The van der Waals surface area contributed by atoms with Crippen LogP contribution in [0.3, 0.4) is 0 Å². The summed E-state index contributed by atoms with van der Waals surface area (Å²) in [6.45, 7) is 2.34. The van der Waals surface area contributed by atoms with E-state index in [9.17, 15) is 15.2 Å². The molecule has 2 unspecified atom stereocenters. The molecule has 0 radical (unpaired) electrons. The molecule has 3 aromatic carbocycles. The molecule has 2 atom stereocenters. The van der Waals surface area contributed by atoms with Crippen molar-refractivity contribution in [3.63, 3.8) is 0 Å². The monoisotopic (exact) mass is 360 g/mol. The first-order valence-corrected chi connectivity index (χ1v) is 8.85. The van der Waals surface area contributed by atoms with Gasteiger partial charge in [0, 0.05) is 24.4 Å². The molecule has 0 aromatic heterocycles. The minimum Gasteiger partial charge on any atom is -0.370 e. The number of nitro groups is 1. The maximum atomic E-state index is 11.6. The number of anilines is 1. The van der Waals surface area contributed by atoms with Crippen LogP contribution in [0.4, 0.5) is 11.4 Å². The van der Waals surface area contributed by atoms with Crippen LogP contribution < -0.4 is 4.90 Å². The summed E-state index contributed by atoms with van der Waals surface area (Å²) in [5.74, 6) is -0.237. The first kappa shape index (κ1) is 17.2. The van der Waals surface area contributed by atoms with Gasteiger partial charge in [-0.25, -0.2) is 0 Å². The molecule has 136 valence electrons. The minimum absolute atomic E-state index is 0.0374. The Labute approximate surface area is 157 Å². The van der Waals surface area contributed by atoms with Gasteiger partial charge in [0.1, 0.15) is 5.72 Å². The average molecular weight is 360 g/mol. The standard InChI is InChI=1S/C22H20N2O3/c1-22(25)21(16-7-3-2-4-8-16)20-10-6-5-9-17(20)15-23(22)18-11-13-19(14-12-18)24(26)27/h2-14,21,25H,15H2,1H3. The largest absolute Gasteiger partial charge is 0.370 e. The fourth-order valence-corrected chi connectivity index (χ4v) is 3.99. The van der Waals surface area contributed by atoms with E-state index in [-0.39, 0.29) is 11.6 Å². The topological polar surface area (TPSA) is 66.6 Å². The second-order valence-corrected chi connectivity index (χ2v) is 7.00. The molecule has 3 aromatic rings. The van der Waals surface area contributed by atoms with Crippen molar-refractivity contribution < 1.29 is 10.0 Å². The summed E-state index contributed by atoms with van der Waals surface area (Å²) in [5.41, 5.74) is 2.87. The lowest BCUT2D eigenvalue weighted by molar-refractivity contribution is -0.384. The predicted molar refractivity (Wildman–Crippen MR) is 105 cm³/mol. The smallest absolute Gasteiger partial charge is 0.269 e. The third-order valence-electron chi connectivity index (χ3n) is 5.29. The number of nitrogens with zero attached hydrogens (tertiary/aromatic N) is 2. The van der Waals surface area contributed by atoms with Crippen LogP contribution in [0, 0.1) is 10.1 Å². The molecule has 27 heavy (non-hydrogen) atoms. The molecular weight excluding hydrogens is 340 g/mol. The molecule has 5 nitrogen and oxygen atoms in total. The van der Waals surface area contributed by atoms with Gasteiger partial charge in [-0.2, -0.15) is 0 Å². The number of benzene rings is 3. The number of fused-ring (bicyclic) bond motifs is 1. The number of hydrogen-bond donors (Lipinski definition) is 1. The Bertz CT molecular complexity index is 968. The third kappa shape index (κ3) is 2.96. The Kier molecular flexibility index (Phi) is 4.16. The van der Waals surface area contributed by atoms with E-state index in [1.165, 1.54) is 12.1 Å². The van der Waals surface area contributed by atoms with E-state index in [1.54, 1.807) is 12.1 Å². The lowest BCUT2D eigenvalue weighted by Gasteiger charge is -2.48. The fourth-order valence-electron chi connectivity index (χ4n) is 3.99. The van der Waals surface area contributed by atoms with Crippen LogP contribution in [0.5, 0.6) is 0 Å². The van der Waals surface area contributed by atoms with E-state index < -0.39 is 10.6 Å². The Morgan fingerprint density at radius 3 is 2.30 bits per heavy atom. The van der Waals surface area contributed by atoms with Gasteiger partial charge in [0.25, 0.3) is 5.69 Å². The summed E-state index contributed by atoms with van der Waals surface area (Å²) in [6, 6.07) is 24.4. The SMILES string of the molecule is CC1(O)C(c2ccccc2)c2ccccc2CN1c1ccc([N+](=O)[O-])cc1. The summed E-state index contributed by atoms with van der Waals surface area (Å²) < 4.78 is 0. The van der Waals surface area contributed by atoms with Gasteiger partial charge in [-0.3, -0.25) is 10.1 Å². The van der Waals surface area contributed by atoms with Crippen LogP contribution >= 0.6 is 0 Å². The molecule has 0 saturated heterocycles. The van der Waals surface area contributed by atoms with Gasteiger partial charge in [0.05, 0.1) is 10.8 Å². The zero-order valence-electron chi connectivity index (χ0n) is 14.9.